The highest BCUT2D eigenvalue weighted by atomic mass is 16.2. The number of nitrogen functional groups attached to an aromatic ring is 1. The van der Waals surface area contributed by atoms with Crippen molar-refractivity contribution < 1.29 is 4.79 Å². The minimum Gasteiger partial charge on any atom is -0.383 e. The average molecular weight is 277 g/mol. The van der Waals surface area contributed by atoms with Crippen molar-refractivity contribution in [3.05, 3.63) is 11.4 Å². The molecule has 0 saturated heterocycles. The predicted octanol–water partition coefficient (Wildman–Crippen LogP) is 1.52. The second-order valence-electron chi connectivity index (χ2n) is 5.13. The molecule has 110 valence electrons. The van der Waals surface area contributed by atoms with Gasteiger partial charge in [0, 0.05) is 24.6 Å². The molecule has 1 aliphatic rings. The van der Waals surface area contributed by atoms with E-state index >= 15 is 0 Å². The van der Waals surface area contributed by atoms with Gasteiger partial charge in [0.1, 0.15) is 17.5 Å². The molecule has 1 amide bonds. The van der Waals surface area contributed by atoms with Gasteiger partial charge in [-0.1, -0.05) is 0 Å². The smallest absolute Gasteiger partial charge is 0.241 e. The summed E-state index contributed by atoms with van der Waals surface area (Å²) in [6.45, 7) is 7.49. The van der Waals surface area contributed by atoms with E-state index in [1.807, 2.05) is 20.8 Å². The normalized spacial score (nSPS) is 14.2. The van der Waals surface area contributed by atoms with Gasteiger partial charge in [0.2, 0.25) is 5.91 Å². The summed E-state index contributed by atoms with van der Waals surface area (Å²) in [5.74, 6) is 2.49. The predicted molar refractivity (Wildman–Crippen MR) is 79.6 cm³/mol. The molecule has 0 unspecified atom stereocenters. The van der Waals surface area contributed by atoms with Crippen molar-refractivity contribution in [2.45, 2.75) is 39.5 Å². The van der Waals surface area contributed by atoms with Gasteiger partial charge in [-0.25, -0.2) is 9.97 Å². The van der Waals surface area contributed by atoms with Crippen LogP contribution < -0.4 is 11.1 Å². The summed E-state index contributed by atoms with van der Waals surface area (Å²) >= 11 is 0. The molecule has 1 aromatic heterocycles. The van der Waals surface area contributed by atoms with Crippen molar-refractivity contribution >= 4 is 17.5 Å². The van der Waals surface area contributed by atoms with E-state index in [1.165, 1.54) is 0 Å². The first-order chi connectivity index (χ1) is 9.56. The van der Waals surface area contributed by atoms with Crippen LogP contribution in [0.5, 0.6) is 0 Å². The molecule has 6 heteroatoms. The molecule has 0 aromatic carbocycles. The summed E-state index contributed by atoms with van der Waals surface area (Å²) in [5, 5.41) is 3.10. The number of amides is 1. The van der Waals surface area contributed by atoms with Crippen LogP contribution in [0.2, 0.25) is 0 Å². The third-order valence-corrected chi connectivity index (χ3v) is 3.67. The van der Waals surface area contributed by atoms with Crippen molar-refractivity contribution in [3.8, 4) is 0 Å². The molecule has 1 heterocycles. The Bertz CT molecular complexity index is 495. The van der Waals surface area contributed by atoms with Crippen molar-refractivity contribution in [1.29, 1.82) is 0 Å². The number of carbonyl (C=O) groups excluding carboxylic acids is 1. The van der Waals surface area contributed by atoms with E-state index in [4.69, 9.17) is 5.73 Å². The number of rotatable bonds is 6. The SMILES string of the molecule is CCN(CC)C(=O)CNc1nc(C2CC2)nc(N)c1C. The molecule has 0 atom stereocenters. The van der Waals surface area contributed by atoms with Gasteiger partial charge in [-0.2, -0.15) is 0 Å². The van der Waals surface area contributed by atoms with Crippen molar-refractivity contribution in [3.63, 3.8) is 0 Å². The zero-order chi connectivity index (χ0) is 14.7. The molecule has 0 spiro atoms. The first-order valence-electron chi connectivity index (χ1n) is 7.22. The largest absolute Gasteiger partial charge is 0.383 e. The van der Waals surface area contributed by atoms with E-state index in [0.717, 1.165) is 37.3 Å². The minimum atomic E-state index is 0.0690. The molecule has 1 aliphatic carbocycles. The van der Waals surface area contributed by atoms with Crippen LogP contribution in [0.25, 0.3) is 0 Å². The third-order valence-electron chi connectivity index (χ3n) is 3.67. The second-order valence-corrected chi connectivity index (χ2v) is 5.13. The first kappa shape index (κ1) is 14.6. The van der Waals surface area contributed by atoms with Gasteiger partial charge in [0.25, 0.3) is 0 Å². The van der Waals surface area contributed by atoms with Crippen LogP contribution in [-0.2, 0) is 4.79 Å². The molecule has 0 radical (unpaired) electrons. The Hall–Kier alpha value is -1.85. The number of carbonyl (C=O) groups is 1. The topological polar surface area (TPSA) is 84.1 Å². The summed E-state index contributed by atoms with van der Waals surface area (Å²) in [6, 6.07) is 0. The van der Waals surface area contributed by atoms with Crippen molar-refractivity contribution in [2.24, 2.45) is 0 Å². The van der Waals surface area contributed by atoms with Gasteiger partial charge < -0.3 is 16.0 Å². The van der Waals surface area contributed by atoms with Gasteiger partial charge in [-0.05, 0) is 33.6 Å². The number of hydrogen-bond acceptors (Lipinski definition) is 5. The number of nitrogens with zero attached hydrogens (tertiary/aromatic N) is 3. The number of aromatic nitrogens is 2. The molecule has 1 saturated carbocycles. The molecule has 1 fully saturated rings. The molecule has 20 heavy (non-hydrogen) atoms. The lowest BCUT2D eigenvalue weighted by molar-refractivity contribution is -0.128. The maximum absolute atomic E-state index is 12.0. The molecular formula is C14H23N5O. The zero-order valence-corrected chi connectivity index (χ0v) is 12.4. The highest BCUT2D eigenvalue weighted by molar-refractivity contribution is 5.81. The second kappa shape index (κ2) is 6.07. The number of nitrogens with two attached hydrogens (primary N) is 1. The van der Waals surface area contributed by atoms with E-state index in [0.29, 0.717) is 17.6 Å². The number of likely N-dealkylation sites (N-methyl/N-ethyl adjacent to an activating group) is 1. The van der Waals surface area contributed by atoms with Gasteiger partial charge in [-0.15, -0.1) is 0 Å². The van der Waals surface area contributed by atoms with Crippen LogP contribution in [0.4, 0.5) is 11.6 Å². The van der Waals surface area contributed by atoms with Gasteiger partial charge >= 0.3 is 0 Å². The van der Waals surface area contributed by atoms with Crippen LogP contribution in [-0.4, -0.2) is 40.4 Å². The van der Waals surface area contributed by atoms with E-state index in [1.54, 1.807) is 4.90 Å². The average Bonchev–Trinajstić information content (AvgIpc) is 3.26. The Morgan fingerprint density at radius 3 is 2.55 bits per heavy atom. The molecule has 0 bridgehead atoms. The lowest BCUT2D eigenvalue weighted by Crippen LogP contribution is -2.35. The summed E-state index contributed by atoms with van der Waals surface area (Å²) in [7, 11) is 0. The van der Waals surface area contributed by atoms with Gasteiger partial charge in [-0.3, -0.25) is 4.79 Å². The van der Waals surface area contributed by atoms with Crippen LogP contribution in [0.3, 0.4) is 0 Å². The molecule has 2 rings (SSSR count). The lowest BCUT2D eigenvalue weighted by atomic mass is 10.3. The summed E-state index contributed by atoms with van der Waals surface area (Å²) in [5.41, 5.74) is 6.73. The Morgan fingerprint density at radius 2 is 2.00 bits per heavy atom. The van der Waals surface area contributed by atoms with E-state index in [2.05, 4.69) is 15.3 Å². The Kier molecular flexibility index (Phi) is 4.42. The Balaban J connectivity index is 2.07. The van der Waals surface area contributed by atoms with Crippen LogP contribution >= 0.6 is 0 Å². The number of anilines is 2. The quantitative estimate of drug-likeness (QED) is 0.823. The van der Waals surface area contributed by atoms with Crippen LogP contribution in [0.1, 0.15) is 44.0 Å². The van der Waals surface area contributed by atoms with Gasteiger partial charge in [0.05, 0.1) is 6.54 Å². The van der Waals surface area contributed by atoms with E-state index in [-0.39, 0.29) is 12.5 Å². The third kappa shape index (κ3) is 3.18. The molecule has 3 N–H and O–H groups in total. The number of hydrogen-bond donors (Lipinski definition) is 2. The minimum absolute atomic E-state index is 0.0690. The maximum Gasteiger partial charge on any atom is 0.241 e. The Labute approximate surface area is 119 Å². The Morgan fingerprint density at radius 1 is 1.35 bits per heavy atom. The summed E-state index contributed by atoms with van der Waals surface area (Å²) in [6.07, 6.45) is 2.25. The maximum atomic E-state index is 12.0. The summed E-state index contributed by atoms with van der Waals surface area (Å²) < 4.78 is 0. The molecule has 1 aromatic rings. The fourth-order valence-corrected chi connectivity index (χ4v) is 2.10. The fourth-order valence-electron chi connectivity index (χ4n) is 2.10. The van der Waals surface area contributed by atoms with E-state index in [9.17, 15) is 4.79 Å². The lowest BCUT2D eigenvalue weighted by Gasteiger charge is -2.19. The molecular weight excluding hydrogens is 254 g/mol. The fraction of sp³-hybridized carbons (Fsp3) is 0.643. The molecule has 6 nitrogen and oxygen atoms in total. The van der Waals surface area contributed by atoms with Gasteiger partial charge in [0.15, 0.2) is 0 Å². The van der Waals surface area contributed by atoms with E-state index < -0.39 is 0 Å². The highest BCUT2D eigenvalue weighted by Crippen LogP contribution is 2.39. The first-order valence-corrected chi connectivity index (χ1v) is 7.22. The van der Waals surface area contributed by atoms with Crippen LogP contribution in [0, 0.1) is 6.92 Å². The van der Waals surface area contributed by atoms with Crippen LogP contribution in [0.15, 0.2) is 0 Å². The number of nitrogens with one attached hydrogen (secondary N) is 1. The monoisotopic (exact) mass is 277 g/mol. The van der Waals surface area contributed by atoms with Crippen molar-refractivity contribution in [1.82, 2.24) is 14.9 Å². The zero-order valence-electron chi connectivity index (χ0n) is 12.4. The van der Waals surface area contributed by atoms with Crippen molar-refractivity contribution in [2.75, 3.05) is 30.7 Å². The highest BCUT2D eigenvalue weighted by Gasteiger charge is 2.28. The molecule has 0 aliphatic heterocycles. The summed E-state index contributed by atoms with van der Waals surface area (Å²) in [4.78, 5) is 22.6. The standard InChI is InChI=1S/C14H23N5O/c1-4-19(5-2)11(20)8-16-13-9(3)12(15)17-14(18-13)10-6-7-10/h10H,4-8H2,1-3H3,(H3,15,16,17,18).